The van der Waals surface area contributed by atoms with Crippen LogP contribution in [0.2, 0.25) is 0 Å². The molecule has 0 bridgehead atoms. The summed E-state index contributed by atoms with van der Waals surface area (Å²) in [6, 6.07) is 12.4. The fourth-order valence-electron chi connectivity index (χ4n) is 3.22. The van der Waals surface area contributed by atoms with E-state index in [9.17, 15) is 0 Å². The Labute approximate surface area is 179 Å². The molecule has 0 amide bonds. The third-order valence-electron chi connectivity index (χ3n) is 4.81. The first kappa shape index (κ1) is 21.5. The van der Waals surface area contributed by atoms with E-state index in [-0.39, 0.29) is 24.0 Å². The van der Waals surface area contributed by atoms with E-state index in [1.54, 1.807) is 0 Å². The molecule has 0 aliphatic carbocycles. The zero-order valence-electron chi connectivity index (χ0n) is 16.0. The van der Waals surface area contributed by atoms with Gasteiger partial charge in [0.2, 0.25) is 0 Å². The first-order chi connectivity index (χ1) is 12.7. The van der Waals surface area contributed by atoms with Crippen LogP contribution in [0.3, 0.4) is 0 Å². The van der Waals surface area contributed by atoms with Crippen molar-refractivity contribution in [3.8, 4) is 0 Å². The average Bonchev–Trinajstić information content (AvgIpc) is 2.97. The van der Waals surface area contributed by atoms with Crippen molar-refractivity contribution < 1.29 is 0 Å². The van der Waals surface area contributed by atoms with Crippen LogP contribution >= 0.6 is 24.0 Å². The number of hydrogen-bond acceptors (Lipinski definition) is 3. The van der Waals surface area contributed by atoms with Crippen LogP contribution in [0, 0.1) is 0 Å². The fraction of sp³-hybridized carbons (Fsp3) is 0.429. The Kier molecular flexibility index (Phi) is 8.84. The maximum absolute atomic E-state index is 6.04. The van der Waals surface area contributed by atoms with Gasteiger partial charge in [-0.1, -0.05) is 31.9 Å². The fourth-order valence-corrected chi connectivity index (χ4v) is 3.22. The van der Waals surface area contributed by atoms with E-state index >= 15 is 0 Å². The van der Waals surface area contributed by atoms with Crippen LogP contribution in [-0.2, 0) is 13.0 Å². The monoisotopic (exact) mass is 479 g/mol. The number of pyridine rings is 1. The summed E-state index contributed by atoms with van der Waals surface area (Å²) < 4.78 is 0. The molecule has 1 aromatic carbocycles. The molecule has 27 heavy (non-hydrogen) atoms. The molecule has 0 unspecified atom stereocenters. The molecule has 1 fully saturated rings. The summed E-state index contributed by atoms with van der Waals surface area (Å²) in [5, 5.41) is 3.15. The summed E-state index contributed by atoms with van der Waals surface area (Å²) in [5.74, 6) is 1.49. The van der Waals surface area contributed by atoms with E-state index in [4.69, 9.17) is 5.73 Å². The van der Waals surface area contributed by atoms with Crippen molar-refractivity contribution in [2.45, 2.75) is 45.6 Å². The third kappa shape index (κ3) is 6.68. The minimum atomic E-state index is 0. The Morgan fingerprint density at radius 2 is 1.78 bits per heavy atom. The molecule has 1 saturated heterocycles. The SMILES string of the molecule is CCc1ccc(NC(N)=NCc2ccnc(N3CCCCCC3)c2)cc1.I. The summed E-state index contributed by atoms with van der Waals surface area (Å²) in [7, 11) is 0. The Bertz CT molecular complexity index is 722. The largest absolute Gasteiger partial charge is 0.370 e. The predicted octanol–water partition coefficient (Wildman–Crippen LogP) is 4.57. The molecule has 2 heterocycles. The van der Waals surface area contributed by atoms with Gasteiger partial charge < -0.3 is 16.0 Å². The normalized spacial score (nSPS) is 15.0. The smallest absolute Gasteiger partial charge is 0.193 e. The van der Waals surface area contributed by atoms with Crippen molar-refractivity contribution in [1.82, 2.24) is 4.98 Å². The van der Waals surface area contributed by atoms with E-state index in [0.29, 0.717) is 12.5 Å². The minimum absolute atomic E-state index is 0. The third-order valence-corrected chi connectivity index (χ3v) is 4.81. The van der Waals surface area contributed by atoms with Crippen molar-refractivity contribution >= 4 is 41.4 Å². The number of nitrogens with one attached hydrogen (secondary N) is 1. The van der Waals surface area contributed by atoms with Gasteiger partial charge in [0.25, 0.3) is 0 Å². The molecule has 2 aromatic rings. The zero-order chi connectivity index (χ0) is 18.2. The van der Waals surface area contributed by atoms with Crippen molar-refractivity contribution in [2.75, 3.05) is 23.3 Å². The highest BCUT2D eigenvalue weighted by molar-refractivity contribution is 14.0. The van der Waals surface area contributed by atoms with Gasteiger partial charge >= 0.3 is 0 Å². The first-order valence-electron chi connectivity index (χ1n) is 9.60. The predicted molar refractivity (Wildman–Crippen MR) is 125 cm³/mol. The van der Waals surface area contributed by atoms with Crippen LogP contribution in [0.5, 0.6) is 0 Å². The number of halogens is 1. The summed E-state index contributed by atoms with van der Waals surface area (Å²) in [5.41, 5.74) is 9.44. The molecule has 5 nitrogen and oxygen atoms in total. The van der Waals surface area contributed by atoms with Gasteiger partial charge in [0.1, 0.15) is 5.82 Å². The number of hydrogen-bond donors (Lipinski definition) is 2. The number of aryl methyl sites for hydroxylation is 1. The van der Waals surface area contributed by atoms with E-state index in [2.05, 4.69) is 45.3 Å². The molecule has 3 N–H and O–H groups in total. The van der Waals surface area contributed by atoms with E-state index in [1.807, 2.05) is 24.4 Å². The summed E-state index contributed by atoms with van der Waals surface area (Å²) >= 11 is 0. The summed E-state index contributed by atoms with van der Waals surface area (Å²) in [6.07, 6.45) is 8.04. The lowest BCUT2D eigenvalue weighted by molar-refractivity contribution is 0.726. The second-order valence-corrected chi connectivity index (χ2v) is 6.80. The minimum Gasteiger partial charge on any atom is -0.370 e. The second-order valence-electron chi connectivity index (χ2n) is 6.80. The Balaban J connectivity index is 0.00000261. The molecule has 146 valence electrons. The van der Waals surface area contributed by atoms with Gasteiger partial charge in [-0.2, -0.15) is 0 Å². The topological polar surface area (TPSA) is 66.5 Å². The quantitative estimate of drug-likeness (QED) is 0.375. The summed E-state index contributed by atoms with van der Waals surface area (Å²) in [4.78, 5) is 11.4. The number of guanidine groups is 1. The van der Waals surface area contributed by atoms with Crippen LogP contribution in [0.25, 0.3) is 0 Å². The molecule has 1 aromatic heterocycles. The van der Waals surface area contributed by atoms with E-state index in [0.717, 1.165) is 36.6 Å². The highest BCUT2D eigenvalue weighted by Crippen LogP contribution is 2.18. The molecule has 0 saturated carbocycles. The molecule has 0 radical (unpaired) electrons. The van der Waals surface area contributed by atoms with Crippen LogP contribution in [-0.4, -0.2) is 24.0 Å². The number of rotatable bonds is 5. The van der Waals surface area contributed by atoms with Crippen LogP contribution in [0.1, 0.15) is 43.7 Å². The number of nitrogens with two attached hydrogens (primary N) is 1. The lowest BCUT2D eigenvalue weighted by atomic mass is 10.1. The Morgan fingerprint density at radius 1 is 1.07 bits per heavy atom. The molecule has 6 heteroatoms. The van der Waals surface area contributed by atoms with Gasteiger partial charge in [0.05, 0.1) is 6.54 Å². The molecular formula is C21H30IN5. The van der Waals surface area contributed by atoms with Gasteiger partial charge in [-0.05, 0) is 54.7 Å². The maximum atomic E-state index is 6.04. The number of nitrogens with zero attached hydrogens (tertiary/aromatic N) is 3. The van der Waals surface area contributed by atoms with Crippen molar-refractivity contribution in [1.29, 1.82) is 0 Å². The standard InChI is InChI=1S/C21H29N5.HI/c1-2-17-7-9-19(10-8-17)25-21(22)24-16-18-11-12-23-20(15-18)26-13-5-3-4-6-14-26;/h7-12,15H,2-6,13-14,16H2,1H3,(H3,22,24,25);1H. The van der Waals surface area contributed by atoms with Gasteiger partial charge in [0, 0.05) is 25.0 Å². The molecule has 1 aliphatic rings. The lowest BCUT2D eigenvalue weighted by Crippen LogP contribution is -2.25. The Hall–Kier alpha value is -1.83. The number of aliphatic imine (C=N–C) groups is 1. The van der Waals surface area contributed by atoms with Crippen LogP contribution < -0.4 is 16.0 Å². The van der Waals surface area contributed by atoms with Gasteiger partial charge in [0.15, 0.2) is 5.96 Å². The number of benzene rings is 1. The van der Waals surface area contributed by atoms with E-state index in [1.165, 1.54) is 31.2 Å². The molecule has 1 aliphatic heterocycles. The summed E-state index contributed by atoms with van der Waals surface area (Å²) in [6.45, 7) is 4.89. The molecule has 3 rings (SSSR count). The van der Waals surface area contributed by atoms with Gasteiger partial charge in [-0.3, -0.25) is 0 Å². The first-order valence-corrected chi connectivity index (χ1v) is 9.60. The van der Waals surface area contributed by atoms with Crippen LogP contribution in [0.15, 0.2) is 47.6 Å². The molecule has 0 atom stereocenters. The Morgan fingerprint density at radius 3 is 2.44 bits per heavy atom. The maximum Gasteiger partial charge on any atom is 0.193 e. The van der Waals surface area contributed by atoms with Crippen molar-refractivity contribution in [2.24, 2.45) is 10.7 Å². The lowest BCUT2D eigenvalue weighted by Gasteiger charge is -2.21. The number of aromatic nitrogens is 1. The highest BCUT2D eigenvalue weighted by atomic mass is 127. The highest BCUT2D eigenvalue weighted by Gasteiger charge is 2.11. The van der Waals surface area contributed by atoms with Gasteiger partial charge in [-0.15, -0.1) is 24.0 Å². The van der Waals surface area contributed by atoms with Gasteiger partial charge in [-0.25, -0.2) is 9.98 Å². The molecule has 0 spiro atoms. The zero-order valence-corrected chi connectivity index (χ0v) is 18.4. The van der Waals surface area contributed by atoms with Crippen molar-refractivity contribution in [3.63, 3.8) is 0 Å². The number of anilines is 2. The average molecular weight is 479 g/mol. The second kappa shape index (κ2) is 11.1. The van der Waals surface area contributed by atoms with Crippen molar-refractivity contribution in [3.05, 3.63) is 53.7 Å². The molecular weight excluding hydrogens is 449 g/mol. The van der Waals surface area contributed by atoms with Crippen LogP contribution in [0.4, 0.5) is 11.5 Å². The van der Waals surface area contributed by atoms with E-state index < -0.39 is 0 Å².